The molecule has 3 aliphatic heterocycles. The van der Waals surface area contributed by atoms with Crippen LogP contribution in [-0.2, 0) is 51.2 Å². The van der Waals surface area contributed by atoms with E-state index in [0.29, 0.717) is 0 Å². The molecule has 7 rings (SSSR count). The van der Waals surface area contributed by atoms with Crippen LogP contribution in [-0.4, -0.2) is 105 Å². The van der Waals surface area contributed by atoms with E-state index in [1.165, 1.54) is 12.3 Å². The highest BCUT2D eigenvalue weighted by Crippen LogP contribution is 2.54. The van der Waals surface area contributed by atoms with Crippen LogP contribution in [0.4, 0.5) is 20.4 Å². The summed E-state index contributed by atoms with van der Waals surface area (Å²) in [6.07, 6.45) is -12.3. The molecule has 2 unspecified atom stereocenters. The maximum absolute atomic E-state index is 16.0. The third-order valence-corrected chi connectivity index (χ3v) is 10.2. The Kier molecular flexibility index (Phi) is 7.70. The number of nitrogen functional groups attached to an aromatic ring is 2. The van der Waals surface area contributed by atoms with Crippen molar-refractivity contribution in [2.45, 2.75) is 49.2 Å². The van der Waals surface area contributed by atoms with Crippen molar-refractivity contribution in [2.24, 2.45) is 0 Å². The summed E-state index contributed by atoms with van der Waals surface area (Å²) < 4.78 is 67.1. The van der Waals surface area contributed by atoms with Gasteiger partial charge in [-0.05, 0) is 29.7 Å². The zero-order valence-corrected chi connectivity index (χ0v) is 25.6. The fraction of sp³-hybridized carbons (Fsp3) is 0.526. The second kappa shape index (κ2) is 11.2. The first-order valence-corrected chi connectivity index (χ1v) is 18.0. The van der Waals surface area contributed by atoms with Crippen molar-refractivity contribution in [3.63, 3.8) is 0 Å². The van der Waals surface area contributed by atoms with E-state index in [2.05, 4.69) is 35.6 Å². The molecule has 7 heterocycles. The summed E-state index contributed by atoms with van der Waals surface area (Å²) in [4.78, 5) is 44.5. The Labute approximate surface area is 258 Å². The third kappa shape index (κ3) is 5.53. The van der Waals surface area contributed by atoms with E-state index in [1.807, 2.05) is 0 Å². The number of nitrogens with two attached hydrogens (primary N) is 2. The number of hydrogen-bond acceptors (Lipinski definition) is 17. The fourth-order valence-corrected chi connectivity index (χ4v) is 7.90. The van der Waals surface area contributed by atoms with Crippen molar-refractivity contribution in [1.29, 1.82) is 0 Å². The lowest BCUT2D eigenvalue weighted by atomic mass is 10.1. The molecule has 0 radical (unpaired) electrons. The van der Waals surface area contributed by atoms with Gasteiger partial charge in [-0.3, -0.25) is 18.8 Å². The van der Waals surface area contributed by atoms with Gasteiger partial charge in [0.1, 0.15) is 24.4 Å². The van der Waals surface area contributed by atoms with Gasteiger partial charge in [0, 0.05) is 6.20 Å². The molecule has 10 atom stereocenters. The van der Waals surface area contributed by atoms with Gasteiger partial charge >= 0.3 is 13.4 Å². The van der Waals surface area contributed by atoms with Gasteiger partial charge in [-0.1, -0.05) is 10.4 Å². The average molecular weight is 712 g/mol. The molecule has 4 aromatic rings. The first kappa shape index (κ1) is 30.9. The molecule has 3 aliphatic rings. The second-order valence-electron chi connectivity index (χ2n) is 9.95. The molecule has 0 spiro atoms. The molecular formula is C19H21F2N11O9P2S2. The molecular weight excluding hydrogens is 690 g/mol. The Balaban J connectivity index is 1.21. The molecule has 45 heavy (non-hydrogen) atoms. The molecule has 20 nitrogen and oxygen atoms in total. The first-order chi connectivity index (χ1) is 21.3. The number of alkyl halides is 2. The predicted octanol–water partition coefficient (Wildman–Crippen LogP) is -0.759. The van der Waals surface area contributed by atoms with E-state index in [0.717, 1.165) is 9.36 Å². The molecule has 242 valence electrons. The van der Waals surface area contributed by atoms with Crippen LogP contribution in [0.2, 0.25) is 0 Å². The van der Waals surface area contributed by atoms with Crippen LogP contribution in [0.15, 0.2) is 17.1 Å². The highest BCUT2D eigenvalue weighted by atomic mass is 32.5. The van der Waals surface area contributed by atoms with Crippen LogP contribution in [0.1, 0.15) is 12.5 Å². The maximum Gasteiger partial charge on any atom is 0.325 e. The SMILES string of the molecule is Nc1nc2c(nnn2[C@@H]2O[C@@H]3COP(O)(=S)O[C@H]4[C@H](F)[C@H](n5nnc6c(N)ccnc65)O[C@@H]4COP(O)(=S)O[C@@H]2[C@@H]3F)c(=O)[nH]1. The van der Waals surface area contributed by atoms with E-state index in [1.54, 1.807) is 0 Å². The first-order valence-electron chi connectivity index (χ1n) is 12.8. The summed E-state index contributed by atoms with van der Waals surface area (Å²) in [5.41, 5.74) is 10.8. The monoisotopic (exact) mass is 711 g/mol. The third-order valence-electron chi connectivity index (χ3n) is 7.07. The fourth-order valence-electron chi connectivity index (χ4n) is 5.06. The molecule has 3 saturated heterocycles. The van der Waals surface area contributed by atoms with Crippen molar-refractivity contribution in [3.8, 4) is 0 Å². The number of pyridine rings is 1. The zero-order valence-electron chi connectivity index (χ0n) is 22.1. The Morgan fingerprint density at radius 3 is 2.27 bits per heavy atom. The summed E-state index contributed by atoms with van der Waals surface area (Å²) >= 11 is 10.2. The van der Waals surface area contributed by atoms with E-state index < -0.39 is 81.4 Å². The highest BCUT2D eigenvalue weighted by Gasteiger charge is 2.54. The zero-order chi connectivity index (χ0) is 31.8. The molecule has 2 bridgehead atoms. The molecule has 26 heteroatoms. The van der Waals surface area contributed by atoms with Gasteiger partial charge in [-0.25, -0.2) is 13.8 Å². The minimum Gasteiger partial charge on any atom is -0.397 e. The van der Waals surface area contributed by atoms with Crippen LogP contribution in [0, 0.1) is 0 Å². The van der Waals surface area contributed by atoms with Gasteiger partial charge in [0.2, 0.25) is 5.95 Å². The van der Waals surface area contributed by atoms with E-state index in [-0.39, 0.29) is 34.0 Å². The lowest BCUT2D eigenvalue weighted by molar-refractivity contribution is -0.0652. The molecule has 0 aliphatic carbocycles. The number of nitrogens with zero attached hydrogens (tertiary/aromatic N) is 8. The summed E-state index contributed by atoms with van der Waals surface area (Å²) in [5.74, 6) is -0.298. The van der Waals surface area contributed by atoms with Crippen LogP contribution in [0.25, 0.3) is 22.3 Å². The maximum atomic E-state index is 16.0. The minimum absolute atomic E-state index is 0.0836. The van der Waals surface area contributed by atoms with Gasteiger partial charge in [0.15, 0.2) is 47.1 Å². The number of ether oxygens (including phenoxy) is 2. The number of rotatable bonds is 2. The molecule has 0 saturated carbocycles. The molecule has 0 aromatic carbocycles. The summed E-state index contributed by atoms with van der Waals surface area (Å²) in [5, 5.41) is 15.4. The standard InChI is InChI=1S/C19H21F2N11O9P2S2/c20-8-6-3-36-42(34,44)40-12-7(39-17(9(12)21)31-14-10(27-29-31)5(22)1-2-24-14)4-37-43(35,45)41-13(8)18(38-6)32-15-11(28-30-32)16(33)26-19(23)25-15/h1-2,6-9,12-13,17-18H,3-4H2,(H2,22,24)(H,34,44)(H,35,45)(H3,23,25,26,33)/t6-,7-,8-,9+,12-,13-,17-,18-,42?,43?/m1/s1. The van der Waals surface area contributed by atoms with Gasteiger partial charge < -0.3 is 39.8 Å². The van der Waals surface area contributed by atoms with Gasteiger partial charge in [-0.2, -0.15) is 14.3 Å². The lowest BCUT2D eigenvalue weighted by Gasteiger charge is -2.27. The summed E-state index contributed by atoms with van der Waals surface area (Å²) in [6.45, 7) is -10.2. The number of anilines is 2. The molecule has 7 N–H and O–H groups in total. The van der Waals surface area contributed by atoms with E-state index in [4.69, 9.17) is 62.6 Å². The molecule has 4 aromatic heterocycles. The largest absolute Gasteiger partial charge is 0.397 e. The van der Waals surface area contributed by atoms with Crippen LogP contribution in [0.5, 0.6) is 0 Å². The van der Waals surface area contributed by atoms with Crippen LogP contribution in [0.3, 0.4) is 0 Å². The number of aromatic nitrogens is 9. The van der Waals surface area contributed by atoms with E-state index in [9.17, 15) is 14.6 Å². The minimum atomic E-state index is -4.38. The number of halogens is 2. The highest BCUT2D eigenvalue weighted by molar-refractivity contribution is 8.07. The van der Waals surface area contributed by atoms with Gasteiger partial charge in [-0.15, -0.1) is 10.2 Å². The van der Waals surface area contributed by atoms with Crippen molar-refractivity contribution < 1.29 is 46.1 Å². The Morgan fingerprint density at radius 2 is 1.53 bits per heavy atom. The topological polar surface area (TPSA) is 268 Å². The normalized spacial score (nSPS) is 37.7. The lowest BCUT2D eigenvalue weighted by Crippen LogP contribution is -2.34. The van der Waals surface area contributed by atoms with Crippen molar-refractivity contribution in [1.82, 2.24) is 44.9 Å². The van der Waals surface area contributed by atoms with Crippen LogP contribution >= 0.6 is 13.4 Å². The van der Waals surface area contributed by atoms with Gasteiger partial charge in [0.05, 0.1) is 18.9 Å². The van der Waals surface area contributed by atoms with E-state index >= 15 is 8.78 Å². The quantitative estimate of drug-likeness (QED) is 0.160. The van der Waals surface area contributed by atoms with Crippen molar-refractivity contribution in [3.05, 3.63) is 22.6 Å². The smallest absolute Gasteiger partial charge is 0.325 e. The van der Waals surface area contributed by atoms with Crippen molar-refractivity contribution >= 4 is 71.0 Å². The Morgan fingerprint density at radius 1 is 0.911 bits per heavy atom. The second-order valence-corrected chi connectivity index (χ2v) is 15.5. The summed E-state index contributed by atoms with van der Waals surface area (Å²) in [6, 6.07) is 1.48. The summed E-state index contributed by atoms with van der Waals surface area (Å²) in [7, 11) is 0. The van der Waals surface area contributed by atoms with Crippen LogP contribution < -0.4 is 17.0 Å². The Hall–Kier alpha value is -2.73. The average Bonchev–Trinajstić information content (AvgIpc) is 3.72. The number of fused-ring (bicyclic) bond motifs is 5. The van der Waals surface area contributed by atoms with Crippen molar-refractivity contribution in [2.75, 3.05) is 24.7 Å². The number of aromatic amines is 1. The number of hydrogen-bond donors (Lipinski definition) is 5. The number of H-pyrrole nitrogens is 1. The molecule has 0 amide bonds. The predicted molar refractivity (Wildman–Crippen MR) is 152 cm³/mol. The molecule has 3 fully saturated rings. The number of nitrogens with one attached hydrogen (secondary N) is 1. The van der Waals surface area contributed by atoms with Gasteiger partial charge in [0.25, 0.3) is 5.56 Å². The Bertz CT molecular complexity index is 1950.